The van der Waals surface area contributed by atoms with Crippen molar-refractivity contribution in [3.05, 3.63) is 63.7 Å². The van der Waals surface area contributed by atoms with Gasteiger partial charge in [0.05, 0.1) is 100 Å². The minimum absolute atomic E-state index is 0.101. The van der Waals surface area contributed by atoms with Gasteiger partial charge in [0.15, 0.2) is 0 Å². The van der Waals surface area contributed by atoms with Crippen LogP contribution in [-0.2, 0) is 36.8 Å². The highest BCUT2D eigenvalue weighted by atomic mass is 16.5. The van der Waals surface area contributed by atoms with Gasteiger partial charge in [-0.05, 0) is 38.8 Å². The second kappa shape index (κ2) is 18.1. The second-order valence-electron chi connectivity index (χ2n) is 11.3. The smallest absolute Gasteiger partial charge is 0.261 e. The van der Waals surface area contributed by atoms with E-state index in [4.69, 9.17) is 23.9 Å². The Morgan fingerprint density at radius 3 is 2.02 bits per heavy atom. The first kappa shape index (κ1) is 34.7. The fourth-order valence-electron chi connectivity index (χ4n) is 5.47. The van der Waals surface area contributed by atoms with E-state index in [0.29, 0.717) is 108 Å². The van der Waals surface area contributed by atoms with Crippen LogP contribution in [0.3, 0.4) is 0 Å². The summed E-state index contributed by atoms with van der Waals surface area (Å²) in [7, 11) is 0. The van der Waals surface area contributed by atoms with Gasteiger partial charge in [0.2, 0.25) is 0 Å². The van der Waals surface area contributed by atoms with E-state index in [1.54, 1.807) is 23.9 Å². The highest BCUT2D eigenvalue weighted by molar-refractivity contribution is 5.81. The molecule has 12 nitrogen and oxygen atoms in total. The molecule has 0 radical (unpaired) electrons. The molecule has 45 heavy (non-hydrogen) atoms. The van der Waals surface area contributed by atoms with Crippen molar-refractivity contribution in [3.63, 3.8) is 0 Å². The van der Waals surface area contributed by atoms with E-state index in [2.05, 4.69) is 19.8 Å². The summed E-state index contributed by atoms with van der Waals surface area (Å²) in [5, 5.41) is 0.583. The lowest BCUT2D eigenvalue weighted by Crippen LogP contribution is -2.43. The van der Waals surface area contributed by atoms with Crippen LogP contribution in [0.1, 0.15) is 43.0 Å². The Hall–Kier alpha value is -3.13. The summed E-state index contributed by atoms with van der Waals surface area (Å²) in [5.41, 5.74) is 3.07. The van der Waals surface area contributed by atoms with Crippen LogP contribution in [0.25, 0.3) is 10.9 Å². The monoisotopic (exact) mass is 624 g/mol. The van der Waals surface area contributed by atoms with Gasteiger partial charge in [-0.25, -0.2) is 4.98 Å². The zero-order valence-corrected chi connectivity index (χ0v) is 27.2. The lowest BCUT2D eigenvalue weighted by molar-refractivity contribution is -0.123. The molecule has 246 valence electrons. The Kier molecular flexibility index (Phi) is 14.0. The Balaban J connectivity index is 1.46. The first-order valence-corrected chi connectivity index (χ1v) is 15.9. The third-order valence-corrected chi connectivity index (χ3v) is 7.98. The molecule has 3 aromatic rings. The molecule has 0 saturated carbocycles. The topological polar surface area (TPSA) is 121 Å². The number of carbonyl (C=O) groups is 1. The average Bonchev–Trinajstić information content (AvgIpc) is 3.02. The summed E-state index contributed by atoms with van der Waals surface area (Å²) >= 11 is 0. The van der Waals surface area contributed by atoms with Gasteiger partial charge < -0.3 is 18.9 Å². The fraction of sp³-hybridized carbons (Fsp3) is 0.606. The third-order valence-electron chi connectivity index (χ3n) is 7.98. The van der Waals surface area contributed by atoms with Crippen LogP contribution >= 0.6 is 0 Å². The van der Waals surface area contributed by atoms with Crippen LogP contribution < -0.4 is 5.56 Å². The minimum atomic E-state index is -0.136. The van der Waals surface area contributed by atoms with Gasteiger partial charge in [-0.2, -0.15) is 0 Å². The number of fused-ring (bicyclic) bond motifs is 1. The number of carbonyl (C=O) groups excluding carboxylic acids is 1. The number of para-hydroxylation sites is 1. The normalized spacial score (nSPS) is 18.3. The maximum absolute atomic E-state index is 13.8. The molecule has 1 atom stereocenters. The number of hydrogen-bond acceptors (Lipinski definition) is 11. The molecule has 0 amide bonds. The van der Waals surface area contributed by atoms with Crippen molar-refractivity contribution in [3.8, 4) is 0 Å². The number of aryl methyl sites for hydroxylation is 2. The van der Waals surface area contributed by atoms with Crippen molar-refractivity contribution in [1.82, 2.24) is 29.3 Å². The Labute approximate surface area is 265 Å². The van der Waals surface area contributed by atoms with Gasteiger partial charge in [-0.1, -0.05) is 19.1 Å². The van der Waals surface area contributed by atoms with Crippen LogP contribution in [0.2, 0.25) is 0 Å². The van der Waals surface area contributed by atoms with Crippen molar-refractivity contribution in [1.29, 1.82) is 0 Å². The molecule has 0 spiro atoms. The summed E-state index contributed by atoms with van der Waals surface area (Å²) < 4.78 is 25.2. The van der Waals surface area contributed by atoms with Gasteiger partial charge in [-0.3, -0.25) is 33.9 Å². The predicted molar refractivity (Wildman–Crippen MR) is 171 cm³/mol. The molecule has 0 bridgehead atoms. The molecule has 1 aliphatic rings. The van der Waals surface area contributed by atoms with Crippen LogP contribution in [0.15, 0.2) is 35.4 Å². The number of aromatic nitrogens is 4. The molecule has 1 saturated heterocycles. The maximum Gasteiger partial charge on any atom is 0.261 e. The lowest BCUT2D eigenvalue weighted by atomic mass is 10.1. The molecule has 4 rings (SSSR count). The minimum Gasteiger partial charge on any atom is -0.378 e. The summed E-state index contributed by atoms with van der Waals surface area (Å²) in [6, 6.07) is 5.55. The van der Waals surface area contributed by atoms with E-state index in [0.717, 1.165) is 17.7 Å². The van der Waals surface area contributed by atoms with Crippen molar-refractivity contribution < 1.29 is 23.7 Å². The molecule has 1 aliphatic heterocycles. The number of Topliss-reactive ketones (excluding diaryl/α,β-unsaturated/α-hetero) is 1. The van der Waals surface area contributed by atoms with Gasteiger partial charge >= 0.3 is 0 Å². The van der Waals surface area contributed by atoms with E-state index >= 15 is 0 Å². The molecule has 0 N–H and O–H groups in total. The van der Waals surface area contributed by atoms with Crippen LogP contribution in [-0.4, -0.2) is 120 Å². The number of rotatable bonds is 7. The maximum atomic E-state index is 13.8. The highest BCUT2D eigenvalue weighted by Crippen LogP contribution is 2.15. The molecule has 0 aliphatic carbocycles. The fourth-order valence-corrected chi connectivity index (χ4v) is 5.47. The number of ketones is 1. The largest absolute Gasteiger partial charge is 0.378 e. The standard InChI is InChI=1S/C33H48N6O6/c1-5-30(27(4)40)38-11-15-44-19-17-42-13-9-37(10-14-43-18-20-45-16-12-38)24-31-36-32-25(2)7-6-8-29(32)33(41)39(31)23-28-22-34-26(3)21-35-28/h6-8,21-22,30H,5,9-20,23-24H2,1-4H3. The van der Waals surface area contributed by atoms with E-state index in [-0.39, 0.29) is 23.9 Å². The van der Waals surface area contributed by atoms with E-state index in [1.165, 1.54) is 0 Å². The Morgan fingerprint density at radius 1 is 0.844 bits per heavy atom. The first-order chi connectivity index (χ1) is 21.9. The molecule has 1 aromatic carbocycles. The summed E-state index contributed by atoms with van der Waals surface area (Å²) in [5.74, 6) is 0.809. The molecule has 2 aromatic heterocycles. The van der Waals surface area contributed by atoms with E-state index in [9.17, 15) is 9.59 Å². The van der Waals surface area contributed by atoms with Crippen molar-refractivity contribution >= 4 is 16.7 Å². The average molecular weight is 625 g/mol. The zero-order chi connectivity index (χ0) is 32.0. The van der Waals surface area contributed by atoms with Gasteiger partial charge in [0.1, 0.15) is 11.6 Å². The second-order valence-corrected chi connectivity index (χ2v) is 11.3. The molecule has 12 heteroatoms. The molecular formula is C33H48N6O6. The van der Waals surface area contributed by atoms with Crippen molar-refractivity contribution in [2.45, 2.75) is 53.2 Å². The van der Waals surface area contributed by atoms with Gasteiger partial charge in [0, 0.05) is 32.4 Å². The quantitative estimate of drug-likeness (QED) is 0.385. The number of nitrogens with zero attached hydrogens (tertiary/aromatic N) is 6. The molecular weight excluding hydrogens is 576 g/mol. The van der Waals surface area contributed by atoms with Crippen molar-refractivity contribution in [2.24, 2.45) is 0 Å². The Bertz CT molecular complexity index is 1400. The number of benzene rings is 1. The molecule has 1 unspecified atom stereocenters. The zero-order valence-electron chi connectivity index (χ0n) is 27.2. The molecule has 3 heterocycles. The summed E-state index contributed by atoms with van der Waals surface area (Å²) in [4.78, 5) is 44.1. The van der Waals surface area contributed by atoms with Gasteiger partial charge in [-0.15, -0.1) is 0 Å². The van der Waals surface area contributed by atoms with Gasteiger partial charge in [0.25, 0.3) is 5.56 Å². The predicted octanol–water partition coefficient (Wildman–Crippen LogP) is 2.40. The highest BCUT2D eigenvalue weighted by Gasteiger charge is 2.21. The SMILES string of the molecule is CCC(C(C)=O)N1CCOCCOCCN(Cc2nc3c(C)cccc3c(=O)n2Cc2cnc(C)cn2)CCOCCOCC1. The van der Waals surface area contributed by atoms with Crippen LogP contribution in [0.4, 0.5) is 0 Å². The van der Waals surface area contributed by atoms with E-state index in [1.807, 2.05) is 39.0 Å². The first-order valence-electron chi connectivity index (χ1n) is 15.9. The molecule has 1 fully saturated rings. The number of hydrogen-bond donors (Lipinski definition) is 0. The lowest BCUT2D eigenvalue weighted by Gasteiger charge is -2.29. The van der Waals surface area contributed by atoms with E-state index < -0.39 is 0 Å². The van der Waals surface area contributed by atoms with Crippen molar-refractivity contribution in [2.75, 3.05) is 79.0 Å². The Morgan fingerprint density at radius 2 is 1.47 bits per heavy atom. The van der Waals surface area contributed by atoms with Crippen LogP contribution in [0, 0.1) is 13.8 Å². The number of ether oxygens (including phenoxy) is 4. The third kappa shape index (κ3) is 10.5. The van der Waals surface area contributed by atoms with Crippen LogP contribution in [0.5, 0.6) is 0 Å². The summed E-state index contributed by atoms with van der Waals surface area (Å²) in [6.45, 7) is 14.6. The summed E-state index contributed by atoms with van der Waals surface area (Å²) in [6.07, 6.45) is 4.17.